The molecule has 0 aromatic rings. The molecule has 18 heavy (non-hydrogen) atoms. The summed E-state index contributed by atoms with van der Waals surface area (Å²) in [5, 5.41) is 8.23. The van der Waals surface area contributed by atoms with Crippen molar-refractivity contribution >= 4 is 5.71 Å². The van der Waals surface area contributed by atoms with Crippen molar-refractivity contribution in [3.8, 4) is 0 Å². The molecule has 0 saturated heterocycles. The summed E-state index contributed by atoms with van der Waals surface area (Å²) in [4.78, 5) is 2.30. The Morgan fingerprint density at radius 2 is 1.56 bits per heavy atom. The fourth-order valence-electron chi connectivity index (χ4n) is 2.41. The highest BCUT2D eigenvalue weighted by atomic mass is 15.1. The number of rotatable bonds is 7. The van der Waals surface area contributed by atoms with Crippen LogP contribution in [0.4, 0.5) is 0 Å². The molecule has 2 heteroatoms. The Morgan fingerprint density at radius 1 is 1.06 bits per heavy atom. The van der Waals surface area contributed by atoms with E-state index < -0.39 is 0 Å². The fourth-order valence-corrected chi connectivity index (χ4v) is 2.41. The Labute approximate surface area is 114 Å². The maximum absolute atomic E-state index is 8.23. The predicted molar refractivity (Wildman–Crippen MR) is 82.2 cm³/mol. The van der Waals surface area contributed by atoms with Crippen molar-refractivity contribution in [3.05, 3.63) is 11.8 Å². The van der Waals surface area contributed by atoms with E-state index >= 15 is 0 Å². The normalized spacial score (nSPS) is 14.5. The lowest BCUT2D eigenvalue weighted by Gasteiger charge is -2.31. The van der Waals surface area contributed by atoms with Gasteiger partial charge in [0.05, 0.1) is 0 Å². The Balaban J connectivity index is 5.12. The molecular formula is C16H32N2. The molecule has 0 fully saturated rings. The van der Waals surface area contributed by atoms with E-state index in [4.69, 9.17) is 5.41 Å². The first-order valence-electron chi connectivity index (χ1n) is 7.24. The van der Waals surface area contributed by atoms with Crippen molar-refractivity contribution in [1.29, 1.82) is 5.41 Å². The van der Waals surface area contributed by atoms with Gasteiger partial charge in [-0.1, -0.05) is 48.5 Å². The van der Waals surface area contributed by atoms with Crippen molar-refractivity contribution < 1.29 is 0 Å². The number of nitrogens with zero attached hydrogens (tertiary/aromatic N) is 1. The minimum atomic E-state index is 0.297. The molecule has 0 aliphatic rings. The van der Waals surface area contributed by atoms with Gasteiger partial charge < -0.3 is 10.3 Å². The number of hydrogen-bond acceptors (Lipinski definition) is 2. The van der Waals surface area contributed by atoms with Gasteiger partial charge in [0.1, 0.15) is 0 Å². The highest BCUT2D eigenvalue weighted by molar-refractivity contribution is 5.99. The second kappa shape index (κ2) is 7.60. The Hall–Kier alpha value is -0.790. The SMILES string of the molecule is CCC(C(C)C)N(C)/C=C(\C(=N)C(C)C)C(C)C. The molecule has 0 saturated carbocycles. The van der Waals surface area contributed by atoms with Crippen LogP contribution in [-0.4, -0.2) is 23.7 Å². The van der Waals surface area contributed by atoms with Crippen LogP contribution in [0.5, 0.6) is 0 Å². The second-order valence-corrected chi connectivity index (χ2v) is 6.19. The van der Waals surface area contributed by atoms with Crippen LogP contribution in [-0.2, 0) is 0 Å². The third-order valence-electron chi connectivity index (χ3n) is 3.56. The molecule has 1 atom stereocenters. The standard InChI is InChI=1S/C16H32N2/c1-9-15(12(4)5)18(8)10-14(11(2)3)16(17)13(6)7/h10-13,15,17H,9H2,1-8H3/b14-10-,17-16?. The quantitative estimate of drug-likeness (QED) is 0.660. The summed E-state index contributed by atoms with van der Waals surface area (Å²) in [6.07, 6.45) is 3.34. The molecule has 0 aliphatic carbocycles. The average molecular weight is 252 g/mol. The summed E-state index contributed by atoms with van der Waals surface area (Å²) in [5.74, 6) is 1.34. The third-order valence-corrected chi connectivity index (χ3v) is 3.56. The minimum absolute atomic E-state index is 0.297. The van der Waals surface area contributed by atoms with Crippen LogP contribution in [0.2, 0.25) is 0 Å². The molecule has 106 valence electrons. The maximum Gasteiger partial charge on any atom is 0.0388 e. The molecule has 0 rings (SSSR count). The minimum Gasteiger partial charge on any atom is -0.377 e. The van der Waals surface area contributed by atoms with Gasteiger partial charge >= 0.3 is 0 Å². The van der Waals surface area contributed by atoms with Crippen molar-refractivity contribution in [1.82, 2.24) is 4.90 Å². The van der Waals surface area contributed by atoms with E-state index in [9.17, 15) is 0 Å². The monoisotopic (exact) mass is 252 g/mol. The van der Waals surface area contributed by atoms with Crippen LogP contribution < -0.4 is 0 Å². The summed E-state index contributed by atoms with van der Waals surface area (Å²) < 4.78 is 0. The lowest BCUT2D eigenvalue weighted by atomic mass is 9.91. The molecular weight excluding hydrogens is 220 g/mol. The van der Waals surface area contributed by atoms with Crippen LogP contribution in [0, 0.1) is 23.2 Å². The lowest BCUT2D eigenvalue weighted by Crippen LogP contribution is -2.32. The van der Waals surface area contributed by atoms with Gasteiger partial charge in [-0.15, -0.1) is 0 Å². The van der Waals surface area contributed by atoms with Gasteiger partial charge in [0.15, 0.2) is 0 Å². The topological polar surface area (TPSA) is 27.1 Å². The summed E-state index contributed by atoms with van der Waals surface area (Å²) >= 11 is 0. The van der Waals surface area contributed by atoms with Crippen molar-refractivity contribution in [2.24, 2.45) is 17.8 Å². The summed E-state index contributed by atoms with van der Waals surface area (Å²) in [5.41, 5.74) is 1.95. The van der Waals surface area contributed by atoms with Crippen molar-refractivity contribution in [3.63, 3.8) is 0 Å². The van der Waals surface area contributed by atoms with Crippen LogP contribution in [0.15, 0.2) is 11.8 Å². The second-order valence-electron chi connectivity index (χ2n) is 6.19. The predicted octanol–water partition coefficient (Wildman–Crippen LogP) is 4.57. The molecule has 1 N–H and O–H groups in total. The van der Waals surface area contributed by atoms with E-state index in [1.807, 2.05) is 0 Å². The molecule has 2 nitrogen and oxygen atoms in total. The lowest BCUT2D eigenvalue weighted by molar-refractivity contribution is 0.250. The van der Waals surface area contributed by atoms with E-state index in [0.717, 1.165) is 12.1 Å². The zero-order valence-corrected chi connectivity index (χ0v) is 13.5. The number of allylic oxidation sites excluding steroid dienone is 1. The summed E-state index contributed by atoms with van der Waals surface area (Å²) in [7, 11) is 2.14. The van der Waals surface area contributed by atoms with Gasteiger partial charge in [-0.2, -0.15) is 0 Å². The smallest absolute Gasteiger partial charge is 0.0388 e. The van der Waals surface area contributed by atoms with E-state index in [-0.39, 0.29) is 0 Å². The Kier molecular flexibility index (Phi) is 7.27. The highest BCUT2D eigenvalue weighted by Crippen LogP contribution is 2.20. The van der Waals surface area contributed by atoms with Gasteiger partial charge in [-0.25, -0.2) is 0 Å². The third kappa shape index (κ3) is 4.83. The average Bonchev–Trinajstić information content (AvgIpc) is 2.24. The van der Waals surface area contributed by atoms with Crippen LogP contribution >= 0.6 is 0 Å². The largest absolute Gasteiger partial charge is 0.377 e. The highest BCUT2D eigenvalue weighted by Gasteiger charge is 2.18. The fraction of sp³-hybridized carbons (Fsp3) is 0.812. The van der Waals surface area contributed by atoms with Crippen molar-refractivity contribution in [2.75, 3.05) is 7.05 Å². The Bertz CT molecular complexity index is 287. The maximum atomic E-state index is 8.23. The van der Waals surface area contributed by atoms with E-state index in [1.54, 1.807) is 0 Å². The molecule has 0 heterocycles. The zero-order chi connectivity index (χ0) is 14.5. The van der Waals surface area contributed by atoms with Crippen molar-refractivity contribution in [2.45, 2.75) is 60.9 Å². The van der Waals surface area contributed by atoms with Gasteiger partial charge in [0.2, 0.25) is 0 Å². The summed E-state index contributed by atoms with van der Waals surface area (Å²) in [6, 6.07) is 0.554. The molecule has 0 amide bonds. The van der Waals surface area contributed by atoms with E-state index in [2.05, 4.69) is 66.6 Å². The zero-order valence-electron chi connectivity index (χ0n) is 13.5. The van der Waals surface area contributed by atoms with Gasteiger partial charge in [-0.05, 0) is 29.7 Å². The number of hydrogen-bond donors (Lipinski definition) is 1. The van der Waals surface area contributed by atoms with Crippen LogP contribution in [0.25, 0.3) is 0 Å². The first-order valence-corrected chi connectivity index (χ1v) is 7.24. The first-order chi connectivity index (χ1) is 8.22. The number of nitrogens with one attached hydrogen (secondary N) is 1. The van der Waals surface area contributed by atoms with E-state index in [0.29, 0.717) is 23.8 Å². The molecule has 0 radical (unpaired) electrons. The van der Waals surface area contributed by atoms with E-state index in [1.165, 1.54) is 5.57 Å². The molecule has 0 aromatic carbocycles. The molecule has 0 aromatic heterocycles. The summed E-state index contributed by atoms with van der Waals surface area (Å²) in [6.45, 7) is 15.3. The molecule has 0 spiro atoms. The van der Waals surface area contributed by atoms with Gasteiger partial charge in [-0.3, -0.25) is 0 Å². The van der Waals surface area contributed by atoms with Gasteiger partial charge in [0, 0.05) is 25.0 Å². The first kappa shape index (κ1) is 17.2. The van der Waals surface area contributed by atoms with Crippen LogP contribution in [0.1, 0.15) is 54.9 Å². The molecule has 0 aliphatic heterocycles. The van der Waals surface area contributed by atoms with Gasteiger partial charge in [0.25, 0.3) is 0 Å². The van der Waals surface area contributed by atoms with Crippen LogP contribution in [0.3, 0.4) is 0 Å². The Morgan fingerprint density at radius 3 is 1.83 bits per heavy atom. The molecule has 1 unspecified atom stereocenters. The molecule has 0 bridgehead atoms.